The maximum absolute atomic E-state index is 12.4. The van der Waals surface area contributed by atoms with Gasteiger partial charge in [0.25, 0.3) is 0 Å². The van der Waals surface area contributed by atoms with Crippen molar-refractivity contribution in [3.05, 3.63) is 41.4 Å². The molecule has 0 spiro atoms. The molecule has 0 bridgehead atoms. The van der Waals surface area contributed by atoms with Gasteiger partial charge in [-0.25, -0.2) is 8.42 Å². The second kappa shape index (κ2) is 7.56. The van der Waals surface area contributed by atoms with Crippen molar-refractivity contribution in [2.45, 2.75) is 11.8 Å². The van der Waals surface area contributed by atoms with Gasteiger partial charge < -0.3 is 5.32 Å². The Balaban J connectivity index is 2.89. The first-order chi connectivity index (χ1) is 9.41. The minimum absolute atomic E-state index is 0.166. The summed E-state index contributed by atoms with van der Waals surface area (Å²) in [6, 6.07) is 6.31. The molecule has 1 rings (SSSR count). The summed E-state index contributed by atoms with van der Waals surface area (Å²) in [4.78, 5) is 11.8. The van der Waals surface area contributed by atoms with Crippen molar-refractivity contribution in [2.75, 3.05) is 19.6 Å². The summed E-state index contributed by atoms with van der Waals surface area (Å²) in [5.41, 5.74) is 0. The third kappa shape index (κ3) is 4.43. The Labute approximate surface area is 127 Å². The summed E-state index contributed by atoms with van der Waals surface area (Å²) in [6.07, 6.45) is 1.54. The molecule has 0 aliphatic rings. The van der Waals surface area contributed by atoms with Crippen LogP contribution in [0.5, 0.6) is 0 Å². The summed E-state index contributed by atoms with van der Waals surface area (Å²) in [7, 11) is -3.66. The number of carbonyl (C=O) groups excluding carboxylic acids is 1. The molecule has 1 amide bonds. The minimum atomic E-state index is -3.66. The molecule has 110 valence electrons. The molecule has 0 aromatic heterocycles. The van der Waals surface area contributed by atoms with Crippen molar-refractivity contribution in [3.8, 4) is 0 Å². The van der Waals surface area contributed by atoms with Crippen LogP contribution in [0.2, 0.25) is 0 Å². The Hall–Kier alpha value is -1.18. The van der Waals surface area contributed by atoms with E-state index >= 15 is 0 Å². The van der Waals surface area contributed by atoms with Crippen LogP contribution in [0, 0.1) is 0 Å². The average Bonchev–Trinajstić information content (AvgIpc) is 2.42. The first-order valence-electron chi connectivity index (χ1n) is 6.05. The molecule has 0 atom stereocenters. The third-order valence-electron chi connectivity index (χ3n) is 2.57. The highest BCUT2D eigenvalue weighted by atomic mass is 79.9. The van der Waals surface area contributed by atoms with E-state index in [9.17, 15) is 13.2 Å². The number of likely N-dealkylation sites (N-methyl/N-ethyl adjacent to an activating group) is 1. The number of amides is 1. The van der Waals surface area contributed by atoms with Gasteiger partial charge in [0.05, 0.1) is 11.4 Å². The van der Waals surface area contributed by atoms with Crippen LogP contribution >= 0.6 is 15.9 Å². The van der Waals surface area contributed by atoms with Gasteiger partial charge >= 0.3 is 0 Å². The number of hydrogen-bond donors (Lipinski definition) is 1. The summed E-state index contributed by atoms with van der Waals surface area (Å²) >= 11 is 3.25. The van der Waals surface area contributed by atoms with Crippen LogP contribution < -0.4 is 5.32 Å². The summed E-state index contributed by atoms with van der Waals surface area (Å²) in [6.45, 7) is 5.51. The van der Waals surface area contributed by atoms with E-state index in [4.69, 9.17) is 0 Å². The maximum atomic E-state index is 12.4. The van der Waals surface area contributed by atoms with Crippen molar-refractivity contribution in [1.29, 1.82) is 0 Å². The summed E-state index contributed by atoms with van der Waals surface area (Å²) in [5, 5.41) is 2.56. The predicted octanol–water partition coefficient (Wildman–Crippen LogP) is 1.76. The molecule has 0 aliphatic carbocycles. The van der Waals surface area contributed by atoms with Crippen LogP contribution in [-0.4, -0.2) is 38.3 Å². The zero-order valence-corrected chi connectivity index (χ0v) is 13.6. The van der Waals surface area contributed by atoms with Gasteiger partial charge in [-0.15, -0.1) is 6.58 Å². The normalized spacial score (nSPS) is 11.3. The SMILES string of the molecule is C=CCNC(=O)CN(CC)S(=O)(=O)c1ccc(Br)cc1. The molecular weight excluding hydrogens is 344 g/mol. The quantitative estimate of drug-likeness (QED) is 0.753. The Kier molecular flexibility index (Phi) is 6.38. The molecule has 0 heterocycles. The standard InChI is InChI=1S/C13H17BrN2O3S/c1-3-9-15-13(17)10-16(4-2)20(18,19)12-7-5-11(14)6-8-12/h3,5-8H,1,4,9-10H2,2H3,(H,15,17). The highest BCUT2D eigenvalue weighted by molar-refractivity contribution is 9.10. The first kappa shape index (κ1) is 16.9. The molecule has 1 N–H and O–H groups in total. The molecule has 1 aromatic rings. The highest BCUT2D eigenvalue weighted by Gasteiger charge is 2.24. The Morgan fingerprint density at radius 3 is 2.50 bits per heavy atom. The van der Waals surface area contributed by atoms with Crippen molar-refractivity contribution >= 4 is 31.9 Å². The smallest absolute Gasteiger partial charge is 0.243 e. The molecular formula is C13H17BrN2O3S. The van der Waals surface area contributed by atoms with E-state index in [2.05, 4.69) is 27.8 Å². The van der Waals surface area contributed by atoms with Gasteiger partial charge in [-0.05, 0) is 24.3 Å². The number of carbonyl (C=O) groups is 1. The predicted molar refractivity (Wildman–Crippen MR) is 81.8 cm³/mol. The van der Waals surface area contributed by atoms with Crippen LogP contribution in [0.1, 0.15) is 6.92 Å². The molecule has 0 radical (unpaired) electrons. The molecule has 5 nitrogen and oxygen atoms in total. The molecule has 0 aliphatic heterocycles. The fourth-order valence-electron chi connectivity index (χ4n) is 1.52. The lowest BCUT2D eigenvalue weighted by Crippen LogP contribution is -2.40. The van der Waals surface area contributed by atoms with Crippen LogP contribution in [-0.2, 0) is 14.8 Å². The van der Waals surface area contributed by atoms with E-state index < -0.39 is 10.0 Å². The summed E-state index contributed by atoms with van der Waals surface area (Å²) < 4.78 is 26.7. The Morgan fingerprint density at radius 1 is 1.40 bits per heavy atom. The Bertz CT molecular complexity index is 570. The fourth-order valence-corrected chi connectivity index (χ4v) is 3.19. The fraction of sp³-hybridized carbons (Fsp3) is 0.308. The van der Waals surface area contributed by atoms with E-state index in [1.807, 2.05) is 0 Å². The number of nitrogens with zero attached hydrogens (tertiary/aromatic N) is 1. The monoisotopic (exact) mass is 360 g/mol. The second-order valence-electron chi connectivity index (χ2n) is 3.98. The number of hydrogen-bond acceptors (Lipinski definition) is 3. The molecule has 20 heavy (non-hydrogen) atoms. The van der Waals surface area contributed by atoms with Crippen molar-refractivity contribution in [1.82, 2.24) is 9.62 Å². The van der Waals surface area contributed by atoms with Crippen molar-refractivity contribution < 1.29 is 13.2 Å². The number of halogens is 1. The van der Waals surface area contributed by atoms with Gasteiger partial charge in [0.2, 0.25) is 15.9 Å². The minimum Gasteiger partial charge on any atom is -0.351 e. The number of rotatable bonds is 7. The zero-order chi connectivity index (χ0) is 15.2. The topological polar surface area (TPSA) is 66.5 Å². The van der Waals surface area contributed by atoms with Gasteiger partial charge in [0.1, 0.15) is 0 Å². The van der Waals surface area contributed by atoms with E-state index in [-0.39, 0.29) is 23.9 Å². The van der Waals surface area contributed by atoms with Gasteiger partial charge in [-0.3, -0.25) is 4.79 Å². The lowest BCUT2D eigenvalue weighted by atomic mass is 10.4. The lowest BCUT2D eigenvalue weighted by Gasteiger charge is -2.19. The van der Waals surface area contributed by atoms with E-state index in [1.54, 1.807) is 19.1 Å². The average molecular weight is 361 g/mol. The van der Waals surface area contributed by atoms with E-state index in [0.29, 0.717) is 6.54 Å². The van der Waals surface area contributed by atoms with E-state index in [0.717, 1.165) is 8.78 Å². The van der Waals surface area contributed by atoms with Crippen LogP contribution in [0.15, 0.2) is 46.3 Å². The molecule has 0 fully saturated rings. The second-order valence-corrected chi connectivity index (χ2v) is 6.83. The molecule has 0 unspecified atom stereocenters. The number of sulfonamides is 1. The summed E-state index contributed by atoms with van der Waals surface area (Å²) in [5.74, 6) is -0.354. The molecule has 0 saturated carbocycles. The van der Waals surface area contributed by atoms with Gasteiger partial charge in [0, 0.05) is 17.6 Å². The zero-order valence-electron chi connectivity index (χ0n) is 11.2. The van der Waals surface area contributed by atoms with Gasteiger partial charge in [-0.2, -0.15) is 4.31 Å². The highest BCUT2D eigenvalue weighted by Crippen LogP contribution is 2.18. The first-order valence-corrected chi connectivity index (χ1v) is 8.28. The van der Waals surface area contributed by atoms with Crippen LogP contribution in [0.3, 0.4) is 0 Å². The van der Waals surface area contributed by atoms with Gasteiger partial charge in [-0.1, -0.05) is 28.9 Å². The van der Waals surface area contributed by atoms with Crippen molar-refractivity contribution in [2.24, 2.45) is 0 Å². The number of nitrogens with one attached hydrogen (secondary N) is 1. The largest absolute Gasteiger partial charge is 0.351 e. The maximum Gasteiger partial charge on any atom is 0.243 e. The lowest BCUT2D eigenvalue weighted by molar-refractivity contribution is -0.121. The molecule has 0 saturated heterocycles. The van der Waals surface area contributed by atoms with Gasteiger partial charge in [0.15, 0.2) is 0 Å². The van der Waals surface area contributed by atoms with Crippen LogP contribution in [0.4, 0.5) is 0 Å². The van der Waals surface area contributed by atoms with Crippen molar-refractivity contribution in [3.63, 3.8) is 0 Å². The molecule has 1 aromatic carbocycles. The third-order valence-corrected chi connectivity index (χ3v) is 5.03. The Morgan fingerprint density at radius 2 is 2.00 bits per heavy atom. The van der Waals surface area contributed by atoms with Crippen LogP contribution in [0.25, 0.3) is 0 Å². The number of benzene rings is 1. The molecule has 7 heteroatoms. The van der Waals surface area contributed by atoms with E-state index in [1.165, 1.54) is 18.2 Å².